The number of hydrogen-bond donors (Lipinski definition) is 2. The van der Waals surface area contributed by atoms with E-state index in [-0.39, 0.29) is 5.56 Å². The predicted molar refractivity (Wildman–Crippen MR) is 89.3 cm³/mol. The zero-order chi connectivity index (χ0) is 15.4. The highest BCUT2D eigenvalue weighted by molar-refractivity contribution is 5.45. The monoisotopic (exact) mass is 298 g/mol. The second-order valence-corrected chi connectivity index (χ2v) is 5.70. The Hall–Kier alpha value is -2.30. The molecule has 0 atom stereocenters. The summed E-state index contributed by atoms with van der Waals surface area (Å²) in [6.07, 6.45) is 6.76. The van der Waals surface area contributed by atoms with Crippen molar-refractivity contribution in [2.45, 2.75) is 38.8 Å². The maximum atomic E-state index is 12.3. The van der Waals surface area contributed by atoms with Crippen LogP contribution in [0, 0.1) is 0 Å². The van der Waals surface area contributed by atoms with Gasteiger partial charge in [-0.25, -0.2) is 4.98 Å². The summed E-state index contributed by atoms with van der Waals surface area (Å²) in [6, 6.07) is 8.63. The molecular formula is C17H22N4O. The van der Waals surface area contributed by atoms with Crippen LogP contribution in [0.2, 0.25) is 0 Å². The molecule has 0 spiro atoms. The number of rotatable bonds is 7. The van der Waals surface area contributed by atoms with Gasteiger partial charge in [0, 0.05) is 37.2 Å². The molecule has 0 radical (unpaired) electrons. The van der Waals surface area contributed by atoms with Crippen LogP contribution >= 0.6 is 0 Å². The van der Waals surface area contributed by atoms with Crippen molar-refractivity contribution < 1.29 is 0 Å². The molecule has 1 saturated carbocycles. The molecule has 0 unspecified atom stereocenters. The molecule has 2 N–H and O–H groups in total. The average molecular weight is 298 g/mol. The molecule has 5 nitrogen and oxygen atoms in total. The summed E-state index contributed by atoms with van der Waals surface area (Å²) in [7, 11) is 0. The van der Waals surface area contributed by atoms with Crippen LogP contribution in [0.25, 0.3) is 0 Å². The highest BCUT2D eigenvalue weighted by atomic mass is 16.1. The first-order chi connectivity index (χ1) is 10.8. The molecule has 22 heavy (non-hydrogen) atoms. The molecule has 0 aliphatic heterocycles. The molecule has 1 aliphatic rings. The molecule has 0 saturated heterocycles. The summed E-state index contributed by atoms with van der Waals surface area (Å²) in [5.74, 6) is 0.433. The summed E-state index contributed by atoms with van der Waals surface area (Å²) < 4.78 is 1.78. The first kappa shape index (κ1) is 14.6. The van der Waals surface area contributed by atoms with E-state index >= 15 is 0 Å². The lowest BCUT2D eigenvalue weighted by atomic mass is 10.2. The maximum absolute atomic E-state index is 12.3. The topological polar surface area (TPSA) is 59.0 Å². The van der Waals surface area contributed by atoms with Gasteiger partial charge >= 0.3 is 0 Å². The van der Waals surface area contributed by atoms with Crippen molar-refractivity contribution in [3.8, 4) is 0 Å². The van der Waals surface area contributed by atoms with E-state index in [2.05, 4.69) is 46.8 Å². The minimum atomic E-state index is -0.0220. The SMILES string of the molecule is CCCNc1ccc(CNc2nccn(C3CC3)c2=O)cc1. The van der Waals surface area contributed by atoms with Crippen LogP contribution in [-0.4, -0.2) is 16.1 Å². The number of nitrogens with zero attached hydrogens (tertiary/aromatic N) is 2. The Bertz CT molecular complexity index is 674. The van der Waals surface area contributed by atoms with Gasteiger partial charge in [-0.1, -0.05) is 19.1 Å². The first-order valence-electron chi connectivity index (χ1n) is 7.91. The molecule has 1 aliphatic carbocycles. The fourth-order valence-corrected chi connectivity index (χ4v) is 2.38. The Morgan fingerprint density at radius 2 is 2.00 bits per heavy atom. The van der Waals surface area contributed by atoms with Gasteiger partial charge in [0.2, 0.25) is 0 Å². The van der Waals surface area contributed by atoms with Crippen molar-refractivity contribution in [3.63, 3.8) is 0 Å². The van der Waals surface area contributed by atoms with Crippen molar-refractivity contribution in [3.05, 3.63) is 52.6 Å². The highest BCUT2D eigenvalue weighted by Crippen LogP contribution is 2.33. The van der Waals surface area contributed by atoms with E-state index in [0.717, 1.165) is 37.1 Å². The van der Waals surface area contributed by atoms with Gasteiger partial charge < -0.3 is 15.2 Å². The molecule has 0 bridgehead atoms. The lowest BCUT2D eigenvalue weighted by molar-refractivity contribution is 0.699. The third kappa shape index (κ3) is 3.47. The van der Waals surface area contributed by atoms with Gasteiger partial charge in [0.05, 0.1) is 0 Å². The van der Waals surface area contributed by atoms with Crippen LogP contribution in [-0.2, 0) is 6.54 Å². The van der Waals surface area contributed by atoms with Crippen molar-refractivity contribution in [2.24, 2.45) is 0 Å². The highest BCUT2D eigenvalue weighted by Gasteiger charge is 2.25. The van der Waals surface area contributed by atoms with Gasteiger partial charge in [-0.15, -0.1) is 0 Å². The zero-order valence-corrected chi connectivity index (χ0v) is 12.9. The Morgan fingerprint density at radius 1 is 1.23 bits per heavy atom. The van der Waals surface area contributed by atoms with Gasteiger partial charge in [0.1, 0.15) is 0 Å². The summed E-state index contributed by atoms with van der Waals surface area (Å²) in [4.78, 5) is 16.4. The second kappa shape index (κ2) is 6.64. The molecular weight excluding hydrogens is 276 g/mol. The van der Waals surface area contributed by atoms with E-state index in [1.165, 1.54) is 0 Å². The molecule has 1 heterocycles. The number of benzene rings is 1. The van der Waals surface area contributed by atoms with Crippen LogP contribution in [0.5, 0.6) is 0 Å². The van der Waals surface area contributed by atoms with Crippen LogP contribution in [0.1, 0.15) is 37.8 Å². The number of anilines is 2. The van der Waals surface area contributed by atoms with Gasteiger partial charge in [0.15, 0.2) is 5.82 Å². The first-order valence-corrected chi connectivity index (χ1v) is 7.91. The number of nitrogens with one attached hydrogen (secondary N) is 2. The van der Waals surface area contributed by atoms with Crippen LogP contribution < -0.4 is 16.2 Å². The van der Waals surface area contributed by atoms with Gasteiger partial charge in [-0.2, -0.15) is 0 Å². The fourth-order valence-electron chi connectivity index (χ4n) is 2.38. The standard InChI is InChI=1S/C17H22N4O/c1-2-9-18-14-5-3-13(4-6-14)12-20-16-17(22)21(11-10-19-16)15-7-8-15/h3-6,10-11,15,18H,2,7-9,12H2,1H3,(H,19,20). The summed E-state index contributed by atoms with van der Waals surface area (Å²) in [5, 5.41) is 6.50. The number of hydrogen-bond acceptors (Lipinski definition) is 4. The van der Waals surface area contributed by atoms with Crippen LogP contribution in [0.15, 0.2) is 41.5 Å². The Balaban J connectivity index is 1.62. The summed E-state index contributed by atoms with van der Waals surface area (Å²) in [6.45, 7) is 3.73. The molecule has 5 heteroatoms. The smallest absolute Gasteiger partial charge is 0.293 e. The Kier molecular flexibility index (Phi) is 4.42. The third-order valence-corrected chi connectivity index (χ3v) is 3.80. The lowest BCUT2D eigenvalue weighted by Crippen LogP contribution is -2.23. The Labute approximate surface area is 130 Å². The quantitative estimate of drug-likeness (QED) is 0.825. The fraction of sp³-hybridized carbons (Fsp3) is 0.412. The minimum Gasteiger partial charge on any atom is -0.385 e. The van der Waals surface area contributed by atoms with Crippen molar-refractivity contribution in [1.82, 2.24) is 9.55 Å². The molecule has 1 fully saturated rings. The van der Waals surface area contributed by atoms with Crippen LogP contribution in [0.3, 0.4) is 0 Å². The van der Waals surface area contributed by atoms with E-state index in [0.29, 0.717) is 18.4 Å². The summed E-state index contributed by atoms with van der Waals surface area (Å²) >= 11 is 0. The van der Waals surface area contributed by atoms with Crippen molar-refractivity contribution in [2.75, 3.05) is 17.2 Å². The van der Waals surface area contributed by atoms with E-state index in [4.69, 9.17) is 0 Å². The molecule has 1 aromatic heterocycles. The van der Waals surface area contributed by atoms with E-state index in [1.54, 1.807) is 17.0 Å². The average Bonchev–Trinajstić information content (AvgIpc) is 3.38. The zero-order valence-electron chi connectivity index (χ0n) is 12.9. The molecule has 3 rings (SSSR count). The normalized spacial score (nSPS) is 13.9. The molecule has 2 aromatic rings. The third-order valence-electron chi connectivity index (χ3n) is 3.80. The van der Waals surface area contributed by atoms with Gasteiger partial charge in [-0.05, 0) is 37.0 Å². The van der Waals surface area contributed by atoms with Gasteiger partial charge in [0.25, 0.3) is 5.56 Å². The van der Waals surface area contributed by atoms with Gasteiger partial charge in [-0.3, -0.25) is 4.79 Å². The van der Waals surface area contributed by atoms with E-state index in [1.807, 2.05) is 0 Å². The molecule has 116 valence electrons. The minimum absolute atomic E-state index is 0.0220. The van der Waals surface area contributed by atoms with E-state index in [9.17, 15) is 4.79 Å². The second-order valence-electron chi connectivity index (χ2n) is 5.70. The number of aromatic nitrogens is 2. The predicted octanol–water partition coefficient (Wildman–Crippen LogP) is 3.01. The summed E-state index contributed by atoms with van der Waals surface area (Å²) in [5.41, 5.74) is 2.23. The largest absolute Gasteiger partial charge is 0.385 e. The van der Waals surface area contributed by atoms with Crippen LogP contribution in [0.4, 0.5) is 11.5 Å². The molecule has 0 amide bonds. The maximum Gasteiger partial charge on any atom is 0.293 e. The van der Waals surface area contributed by atoms with Crippen molar-refractivity contribution in [1.29, 1.82) is 0 Å². The van der Waals surface area contributed by atoms with E-state index < -0.39 is 0 Å². The lowest BCUT2D eigenvalue weighted by Gasteiger charge is -2.09. The van der Waals surface area contributed by atoms with Crippen molar-refractivity contribution >= 4 is 11.5 Å². The molecule has 1 aromatic carbocycles. The Morgan fingerprint density at radius 3 is 2.68 bits per heavy atom.